The zero-order chi connectivity index (χ0) is 13.3. The molecule has 4 N–H and O–H groups in total. The van der Waals surface area contributed by atoms with Crippen LogP contribution >= 0.6 is 0 Å². The summed E-state index contributed by atoms with van der Waals surface area (Å²) in [7, 11) is 0. The van der Waals surface area contributed by atoms with Crippen molar-refractivity contribution in [1.82, 2.24) is 15.3 Å². The molecule has 0 aromatic carbocycles. The number of halogens is 1. The van der Waals surface area contributed by atoms with E-state index in [1.807, 2.05) is 0 Å². The first-order chi connectivity index (χ1) is 8.46. The van der Waals surface area contributed by atoms with Gasteiger partial charge in [-0.3, -0.25) is 10.2 Å². The van der Waals surface area contributed by atoms with Gasteiger partial charge in [0.05, 0.1) is 6.20 Å². The van der Waals surface area contributed by atoms with Crippen LogP contribution in [0.15, 0.2) is 6.20 Å². The van der Waals surface area contributed by atoms with Gasteiger partial charge in [0.2, 0.25) is 11.9 Å². The van der Waals surface area contributed by atoms with Crippen molar-refractivity contribution in [2.45, 2.75) is 19.4 Å². The van der Waals surface area contributed by atoms with Crippen LogP contribution in [-0.2, 0) is 4.79 Å². The standard InChI is InChI=1S/C10H15FN6O/c1-10(2)8(18)13-3-4-17(10)7-6(11)5-14-9(15-7)16-12/h5H,3-4,12H2,1-2H3,(H,13,18)(H,14,15,16). The van der Waals surface area contributed by atoms with Crippen LogP contribution in [0.3, 0.4) is 0 Å². The lowest BCUT2D eigenvalue weighted by atomic mass is 9.99. The lowest BCUT2D eigenvalue weighted by molar-refractivity contribution is -0.126. The minimum absolute atomic E-state index is 0.0674. The predicted molar refractivity (Wildman–Crippen MR) is 64.2 cm³/mol. The number of rotatable bonds is 2. The van der Waals surface area contributed by atoms with Crippen molar-refractivity contribution < 1.29 is 9.18 Å². The topological polar surface area (TPSA) is 96.2 Å². The largest absolute Gasteiger partial charge is 0.352 e. The average Bonchev–Trinajstić information content (AvgIpc) is 2.34. The Morgan fingerprint density at radius 1 is 1.61 bits per heavy atom. The van der Waals surface area contributed by atoms with Gasteiger partial charge in [0, 0.05) is 13.1 Å². The van der Waals surface area contributed by atoms with Gasteiger partial charge in [-0.05, 0) is 13.8 Å². The maximum atomic E-state index is 13.8. The van der Waals surface area contributed by atoms with E-state index in [2.05, 4.69) is 20.7 Å². The molecule has 1 saturated heterocycles. The molecule has 0 atom stereocenters. The Kier molecular flexibility index (Phi) is 3.04. The van der Waals surface area contributed by atoms with Crippen LogP contribution < -0.4 is 21.5 Å². The van der Waals surface area contributed by atoms with Crippen LogP contribution in [0.5, 0.6) is 0 Å². The van der Waals surface area contributed by atoms with Crippen LogP contribution in [0.25, 0.3) is 0 Å². The summed E-state index contributed by atoms with van der Waals surface area (Å²) in [6.07, 6.45) is 1.03. The van der Waals surface area contributed by atoms with Gasteiger partial charge in [-0.25, -0.2) is 15.2 Å². The van der Waals surface area contributed by atoms with Gasteiger partial charge in [0.25, 0.3) is 0 Å². The molecule has 0 bridgehead atoms. The van der Waals surface area contributed by atoms with Crippen molar-refractivity contribution in [3.63, 3.8) is 0 Å². The Labute approximate surface area is 104 Å². The van der Waals surface area contributed by atoms with Gasteiger partial charge < -0.3 is 10.2 Å². The van der Waals surface area contributed by atoms with Crippen molar-refractivity contribution in [2.75, 3.05) is 23.4 Å². The number of hydrogen-bond donors (Lipinski definition) is 3. The highest BCUT2D eigenvalue weighted by Gasteiger charge is 2.39. The van der Waals surface area contributed by atoms with Crippen LogP contribution in [0.4, 0.5) is 16.2 Å². The molecule has 7 nitrogen and oxygen atoms in total. The second kappa shape index (κ2) is 4.37. The molecule has 1 aliphatic rings. The smallest absolute Gasteiger partial charge is 0.245 e. The van der Waals surface area contributed by atoms with Crippen LogP contribution in [0, 0.1) is 5.82 Å². The monoisotopic (exact) mass is 254 g/mol. The predicted octanol–water partition coefficient (Wildman–Crippen LogP) is -0.384. The molecule has 1 aromatic heterocycles. The number of amides is 1. The van der Waals surface area contributed by atoms with Gasteiger partial charge in [-0.15, -0.1) is 0 Å². The van der Waals surface area contributed by atoms with E-state index >= 15 is 0 Å². The number of aromatic nitrogens is 2. The minimum atomic E-state index is -0.876. The number of carbonyl (C=O) groups is 1. The minimum Gasteiger partial charge on any atom is -0.352 e. The highest BCUT2D eigenvalue weighted by molar-refractivity contribution is 5.90. The van der Waals surface area contributed by atoms with Crippen LogP contribution in [0.1, 0.15) is 13.8 Å². The van der Waals surface area contributed by atoms with E-state index < -0.39 is 11.4 Å². The number of nitrogens with zero attached hydrogens (tertiary/aromatic N) is 3. The SMILES string of the molecule is CC1(C)C(=O)NCCN1c1nc(NN)ncc1F. The molecule has 0 unspecified atom stereocenters. The fraction of sp³-hybridized carbons (Fsp3) is 0.500. The fourth-order valence-electron chi connectivity index (χ4n) is 1.89. The maximum absolute atomic E-state index is 13.8. The Morgan fingerprint density at radius 2 is 2.33 bits per heavy atom. The number of nitrogen functional groups attached to an aromatic ring is 1. The van der Waals surface area contributed by atoms with Crippen LogP contribution in [-0.4, -0.2) is 34.5 Å². The Bertz CT molecular complexity index is 477. The number of piperazine rings is 1. The first-order valence-corrected chi connectivity index (χ1v) is 5.52. The Morgan fingerprint density at radius 3 is 3.00 bits per heavy atom. The molecule has 8 heteroatoms. The zero-order valence-electron chi connectivity index (χ0n) is 10.2. The highest BCUT2D eigenvalue weighted by atomic mass is 19.1. The van der Waals surface area contributed by atoms with Gasteiger partial charge in [0.15, 0.2) is 11.6 Å². The maximum Gasteiger partial charge on any atom is 0.245 e. The summed E-state index contributed by atoms with van der Waals surface area (Å²) in [6, 6.07) is 0. The first kappa shape index (κ1) is 12.5. The molecule has 18 heavy (non-hydrogen) atoms. The summed E-state index contributed by atoms with van der Waals surface area (Å²) in [5.41, 5.74) is 1.38. The van der Waals surface area contributed by atoms with E-state index in [0.717, 1.165) is 6.20 Å². The summed E-state index contributed by atoms with van der Waals surface area (Å²) in [6.45, 7) is 4.32. The van der Waals surface area contributed by atoms with Gasteiger partial charge in [-0.1, -0.05) is 0 Å². The van der Waals surface area contributed by atoms with Gasteiger partial charge in [0.1, 0.15) is 5.54 Å². The number of anilines is 2. The molecule has 1 aromatic rings. The molecule has 2 heterocycles. The van der Waals surface area contributed by atoms with E-state index in [0.29, 0.717) is 13.1 Å². The third kappa shape index (κ3) is 1.94. The van der Waals surface area contributed by atoms with Gasteiger partial charge in [-0.2, -0.15) is 4.98 Å². The third-order valence-corrected chi connectivity index (χ3v) is 2.96. The molecule has 1 fully saturated rings. The van der Waals surface area contributed by atoms with E-state index in [-0.39, 0.29) is 17.7 Å². The summed E-state index contributed by atoms with van der Waals surface area (Å²) in [4.78, 5) is 21.0. The normalized spacial score (nSPS) is 18.4. The van der Waals surface area contributed by atoms with Crippen molar-refractivity contribution in [3.05, 3.63) is 12.0 Å². The van der Waals surface area contributed by atoms with Crippen LogP contribution in [0.2, 0.25) is 0 Å². The molecule has 0 radical (unpaired) electrons. The summed E-state index contributed by atoms with van der Waals surface area (Å²) in [5.74, 6) is 4.61. The van der Waals surface area contributed by atoms with Gasteiger partial charge >= 0.3 is 0 Å². The second-order valence-electron chi connectivity index (χ2n) is 4.48. The third-order valence-electron chi connectivity index (χ3n) is 2.96. The molecular weight excluding hydrogens is 239 g/mol. The first-order valence-electron chi connectivity index (χ1n) is 5.52. The Balaban J connectivity index is 2.43. The molecule has 98 valence electrons. The quantitative estimate of drug-likeness (QED) is 0.491. The zero-order valence-corrected chi connectivity index (χ0v) is 10.2. The molecule has 0 saturated carbocycles. The van der Waals surface area contributed by atoms with Crippen molar-refractivity contribution >= 4 is 17.7 Å². The number of carbonyl (C=O) groups excluding carboxylic acids is 1. The van der Waals surface area contributed by atoms with Crippen molar-refractivity contribution in [3.8, 4) is 0 Å². The number of nitrogens with one attached hydrogen (secondary N) is 2. The summed E-state index contributed by atoms with van der Waals surface area (Å²) < 4.78 is 13.8. The van der Waals surface area contributed by atoms with E-state index in [9.17, 15) is 9.18 Å². The summed E-state index contributed by atoms with van der Waals surface area (Å²) >= 11 is 0. The summed E-state index contributed by atoms with van der Waals surface area (Å²) in [5, 5.41) is 2.73. The molecule has 0 spiro atoms. The number of nitrogens with two attached hydrogens (primary N) is 1. The molecule has 0 aliphatic carbocycles. The van der Waals surface area contributed by atoms with E-state index in [1.165, 1.54) is 0 Å². The molecule has 2 rings (SSSR count). The average molecular weight is 254 g/mol. The Hall–Kier alpha value is -1.96. The van der Waals surface area contributed by atoms with E-state index in [1.54, 1.807) is 18.7 Å². The number of hydrogen-bond acceptors (Lipinski definition) is 6. The van der Waals surface area contributed by atoms with Crippen molar-refractivity contribution in [1.29, 1.82) is 0 Å². The lowest BCUT2D eigenvalue weighted by Crippen LogP contribution is -2.62. The molecule has 1 aliphatic heterocycles. The number of hydrazine groups is 1. The fourth-order valence-corrected chi connectivity index (χ4v) is 1.89. The lowest BCUT2D eigenvalue weighted by Gasteiger charge is -2.41. The van der Waals surface area contributed by atoms with E-state index in [4.69, 9.17) is 5.84 Å². The van der Waals surface area contributed by atoms with Crippen molar-refractivity contribution in [2.24, 2.45) is 5.84 Å². The second-order valence-corrected chi connectivity index (χ2v) is 4.48. The molecular formula is C10H15FN6O. The molecule has 1 amide bonds. The highest BCUT2D eigenvalue weighted by Crippen LogP contribution is 2.26.